The van der Waals surface area contributed by atoms with Gasteiger partial charge < -0.3 is 14.9 Å². The van der Waals surface area contributed by atoms with E-state index in [0.717, 1.165) is 19.5 Å². The third kappa shape index (κ3) is 1.39. The molecule has 1 atom stereocenters. The minimum Gasteiger partial charge on any atom is -0.476 e. The molecule has 5 nitrogen and oxygen atoms in total. The van der Waals surface area contributed by atoms with Gasteiger partial charge in [0.1, 0.15) is 5.76 Å². The van der Waals surface area contributed by atoms with E-state index in [-0.39, 0.29) is 11.1 Å². The number of nitrogens with zero attached hydrogens (tertiary/aromatic N) is 1. The van der Waals surface area contributed by atoms with Gasteiger partial charge in [0, 0.05) is 18.0 Å². The van der Waals surface area contributed by atoms with Crippen molar-refractivity contribution >= 4 is 5.97 Å². The van der Waals surface area contributed by atoms with E-state index in [1.54, 1.807) is 0 Å². The van der Waals surface area contributed by atoms with Crippen molar-refractivity contribution in [2.75, 3.05) is 13.1 Å². The molecule has 2 N–H and O–H groups in total. The summed E-state index contributed by atoms with van der Waals surface area (Å²) in [7, 11) is 0. The Hall–Kier alpha value is -1.36. The Balaban J connectivity index is 2.28. The van der Waals surface area contributed by atoms with E-state index < -0.39 is 5.97 Å². The predicted octanol–water partition coefficient (Wildman–Crippen LogP) is 0.624. The molecule has 0 saturated carbocycles. The van der Waals surface area contributed by atoms with Gasteiger partial charge in [0.15, 0.2) is 5.69 Å². The summed E-state index contributed by atoms with van der Waals surface area (Å²) in [4.78, 5) is 10.6. The highest BCUT2D eigenvalue weighted by Crippen LogP contribution is 2.30. The Kier molecular flexibility index (Phi) is 2.03. The standard InChI is InChI=1S/C9H12N2O3/c1-9(2-3-10-5-9)7-4-6(8(12)13)11-14-7/h4,10H,2-3,5H2,1H3,(H,12,13). The molecule has 1 aromatic rings. The highest BCUT2D eigenvalue weighted by Gasteiger charge is 2.34. The number of carboxylic acid groups (broad SMARTS) is 1. The van der Waals surface area contributed by atoms with Crippen molar-refractivity contribution < 1.29 is 14.4 Å². The van der Waals surface area contributed by atoms with Crippen molar-refractivity contribution in [1.29, 1.82) is 0 Å². The fourth-order valence-corrected chi connectivity index (χ4v) is 1.69. The summed E-state index contributed by atoms with van der Waals surface area (Å²) in [6.07, 6.45) is 0.946. The first-order chi connectivity index (χ1) is 6.62. The van der Waals surface area contributed by atoms with Crippen LogP contribution >= 0.6 is 0 Å². The molecule has 0 bridgehead atoms. The molecule has 0 aromatic carbocycles. The van der Waals surface area contributed by atoms with Crippen LogP contribution < -0.4 is 5.32 Å². The topological polar surface area (TPSA) is 75.4 Å². The third-order valence-corrected chi connectivity index (χ3v) is 2.69. The van der Waals surface area contributed by atoms with Gasteiger partial charge in [0.25, 0.3) is 0 Å². The van der Waals surface area contributed by atoms with Crippen LogP contribution in [0.4, 0.5) is 0 Å². The van der Waals surface area contributed by atoms with Crippen LogP contribution in [0.3, 0.4) is 0 Å². The molecule has 2 heterocycles. The number of hydrogen-bond acceptors (Lipinski definition) is 4. The van der Waals surface area contributed by atoms with Gasteiger partial charge in [-0.15, -0.1) is 0 Å². The summed E-state index contributed by atoms with van der Waals surface area (Å²) in [5.74, 6) is -0.394. The van der Waals surface area contributed by atoms with E-state index in [1.165, 1.54) is 6.07 Å². The number of hydrogen-bond donors (Lipinski definition) is 2. The number of carboxylic acids is 1. The van der Waals surface area contributed by atoms with Gasteiger partial charge >= 0.3 is 5.97 Å². The smallest absolute Gasteiger partial charge is 0.358 e. The summed E-state index contributed by atoms with van der Waals surface area (Å²) in [6.45, 7) is 3.78. The molecule has 1 unspecified atom stereocenters. The molecular formula is C9H12N2O3. The van der Waals surface area contributed by atoms with E-state index in [0.29, 0.717) is 5.76 Å². The first-order valence-corrected chi connectivity index (χ1v) is 4.53. The molecule has 14 heavy (non-hydrogen) atoms. The van der Waals surface area contributed by atoms with Crippen LogP contribution in [-0.4, -0.2) is 29.3 Å². The molecule has 0 amide bonds. The van der Waals surface area contributed by atoms with Crippen LogP contribution in [0.15, 0.2) is 10.6 Å². The maximum atomic E-state index is 10.6. The third-order valence-electron chi connectivity index (χ3n) is 2.69. The van der Waals surface area contributed by atoms with Gasteiger partial charge in [-0.2, -0.15) is 0 Å². The molecule has 0 radical (unpaired) electrons. The second-order valence-electron chi connectivity index (χ2n) is 3.87. The Labute approximate surface area is 81.1 Å². The van der Waals surface area contributed by atoms with Crippen molar-refractivity contribution in [2.24, 2.45) is 0 Å². The Morgan fingerprint density at radius 2 is 2.57 bits per heavy atom. The summed E-state index contributed by atoms with van der Waals surface area (Å²) in [6, 6.07) is 1.51. The summed E-state index contributed by atoms with van der Waals surface area (Å²) in [5.41, 5.74) is -0.131. The van der Waals surface area contributed by atoms with Crippen LogP contribution in [0.1, 0.15) is 29.6 Å². The average Bonchev–Trinajstić information content (AvgIpc) is 2.71. The Morgan fingerprint density at radius 1 is 1.79 bits per heavy atom. The average molecular weight is 196 g/mol. The highest BCUT2D eigenvalue weighted by atomic mass is 16.5. The summed E-state index contributed by atoms with van der Waals surface area (Å²) < 4.78 is 5.04. The van der Waals surface area contributed by atoms with Crippen LogP contribution in [0.2, 0.25) is 0 Å². The Morgan fingerprint density at radius 3 is 3.07 bits per heavy atom. The molecule has 1 aliphatic heterocycles. The molecule has 1 saturated heterocycles. The highest BCUT2D eigenvalue weighted by molar-refractivity contribution is 5.85. The molecule has 5 heteroatoms. The lowest BCUT2D eigenvalue weighted by Gasteiger charge is -2.17. The van der Waals surface area contributed by atoms with E-state index in [1.807, 2.05) is 6.92 Å². The van der Waals surface area contributed by atoms with Gasteiger partial charge in [0.2, 0.25) is 0 Å². The van der Waals surface area contributed by atoms with Gasteiger partial charge in [-0.05, 0) is 13.0 Å². The van der Waals surface area contributed by atoms with Crippen LogP contribution in [0, 0.1) is 0 Å². The quantitative estimate of drug-likeness (QED) is 0.725. The van der Waals surface area contributed by atoms with E-state index in [9.17, 15) is 4.79 Å². The lowest BCUT2D eigenvalue weighted by molar-refractivity contribution is 0.0685. The second-order valence-corrected chi connectivity index (χ2v) is 3.87. The zero-order chi connectivity index (χ0) is 10.2. The largest absolute Gasteiger partial charge is 0.476 e. The molecule has 1 aliphatic rings. The fourth-order valence-electron chi connectivity index (χ4n) is 1.69. The van der Waals surface area contributed by atoms with E-state index in [2.05, 4.69) is 10.5 Å². The van der Waals surface area contributed by atoms with Crippen LogP contribution in [0.25, 0.3) is 0 Å². The number of rotatable bonds is 2. The molecule has 76 valence electrons. The lowest BCUT2D eigenvalue weighted by atomic mass is 9.87. The second kappa shape index (κ2) is 3.09. The maximum absolute atomic E-state index is 10.6. The molecule has 2 rings (SSSR count). The maximum Gasteiger partial charge on any atom is 0.358 e. The van der Waals surface area contributed by atoms with Crippen LogP contribution in [-0.2, 0) is 5.41 Å². The van der Waals surface area contributed by atoms with Crippen LogP contribution in [0.5, 0.6) is 0 Å². The summed E-state index contributed by atoms with van der Waals surface area (Å²) >= 11 is 0. The number of aromatic nitrogens is 1. The fraction of sp³-hybridized carbons (Fsp3) is 0.556. The zero-order valence-corrected chi connectivity index (χ0v) is 7.91. The van der Waals surface area contributed by atoms with Crippen molar-refractivity contribution in [3.05, 3.63) is 17.5 Å². The first-order valence-electron chi connectivity index (χ1n) is 4.53. The Bertz CT molecular complexity index is 353. The predicted molar refractivity (Wildman–Crippen MR) is 48.3 cm³/mol. The zero-order valence-electron chi connectivity index (χ0n) is 7.91. The molecule has 1 fully saturated rings. The van der Waals surface area contributed by atoms with Gasteiger partial charge in [-0.1, -0.05) is 12.1 Å². The van der Waals surface area contributed by atoms with Crippen molar-refractivity contribution in [2.45, 2.75) is 18.8 Å². The SMILES string of the molecule is CC1(c2cc(C(=O)O)no2)CCNC1. The normalized spacial score (nSPS) is 26.6. The molecule has 1 aromatic heterocycles. The van der Waals surface area contributed by atoms with E-state index in [4.69, 9.17) is 9.63 Å². The van der Waals surface area contributed by atoms with Crippen molar-refractivity contribution in [3.63, 3.8) is 0 Å². The van der Waals surface area contributed by atoms with Crippen molar-refractivity contribution in [3.8, 4) is 0 Å². The van der Waals surface area contributed by atoms with Crippen molar-refractivity contribution in [1.82, 2.24) is 10.5 Å². The minimum absolute atomic E-state index is 0.0203. The number of carbonyl (C=O) groups is 1. The van der Waals surface area contributed by atoms with E-state index >= 15 is 0 Å². The molecular weight excluding hydrogens is 184 g/mol. The molecule has 0 spiro atoms. The number of nitrogens with one attached hydrogen (secondary N) is 1. The van der Waals surface area contributed by atoms with Gasteiger partial charge in [-0.25, -0.2) is 4.79 Å². The van der Waals surface area contributed by atoms with Gasteiger partial charge in [0.05, 0.1) is 0 Å². The molecule has 0 aliphatic carbocycles. The first kappa shape index (κ1) is 9.21. The number of aromatic carboxylic acids is 1. The minimum atomic E-state index is -1.05. The monoisotopic (exact) mass is 196 g/mol. The van der Waals surface area contributed by atoms with Gasteiger partial charge in [-0.3, -0.25) is 0 Å². The summed E-state index contributed by atoms with van der Waals surface area (Å²) in [5, 5.41) is 15.4. The lowest BCUT2D eigenvalue weighted by Crippen LogP contribution is -2.24.